The van der Waals surface area contributed by atoms with Gasteiger partial charge in [0.25, 0.3) is 0 Å². The summed E-state index contributed by atoms with van der Waals surface area (Å²) in [5.74, 6) is 0.550. The van der Waals surface area contributed by atoms with E-state index in [0.717, 1.165) is 24.4 Å². The van der Waals surface area contributed by atoms with Crippen LogP contribution < -0.4 is 5.32 Å². The Kier molecular flexibility index (Phi) is 6.15. The first-order valence-corrected chi connectivity index (χ1v) is 8.94. The Morgan fingerprint density at radius 3 is 2.29 bits per heavy atom. The van der Waals surface area contributed by atoms with Gasteiger partial charge >= 0.3 is 0 Å². The molecule has 1 N–H and O–H groups in total. The molecule has 112 valence electrons. The van der Waals surface area contributed by atoms with Gasteiger partial charge < -0.3 is 5.32 Å². The number of benzene rings is 2. The topological polar surface area (TPSA) is 29.1 Å². The van der Waals surface area contributed by atoms with Gasteiger partial charge in [-0.1, -0.05) is 49.4 Å². The Labute approximate surface area is 130 Å². The van der Waals surface area contributed by atoms with E-state index in [1.54, 1.807) is 6.26 Å². The number of hydrogen-bond donors (Lipinski definition) is 1. The largest absolute Gasteiger partial charge is 0.312 e. The van der Waals surface area contributed by atoms with Gasteiger partial charge in [0.1, 0.15) is 0 Å². The SMILES string of the molecule is CC[C@H](CNCc1ccc([S@@](C)=O)cc1)c1ccccc1. The lowest BCUT2D eigenvalue weighted by Crippen LogP contribution is -2.20. The highest BCUT2D eigenvalue weighted by molar-refractivity contribution is 7.84. The Hall–Kier alpha value is -1.45. The molecule has 2 rings (SSSR count). The van der Waals surface area contributed by atoms with Crippen LogP contribution in [-0.2, 0) is 17.3 Å². The second kappa shape index (κ2) is 8.11. The standard InChI is InChI=1S/C18H23NOS/c1-3-16(17-7-5-4-6-8-17)14-19-13-15-9-11-18(12-10-15)21(2)20/h4-12,16,19H,3,13-14H2,1-2H3/t16-,21-/m1/s1. The molecule has 0 heterocycles. The van der Waals surface area contributed by atoms with Crippen molar-refractivity contribution in [3.8, 4) is 0 Å². The van der Waals surface area contributed by atoms with Crippen molar-refractivity contribution in [1.82, 2.24) is 5.32 Å². The molecule has 2 nitrogen and oxygen atoms in total. The summed E-state index contributed by atoms with van der Waals surface area (Å²) in [6.45, 7) is 4.05. The van der Waals surface area contributed by atoms with E-state index in [1.807, 2.05) is 24.3 Å². The first-order chi connectivity index (χ1) is 10.2. The molecule has 0 saturated carbocycles. The lowest BCUT2D eigenvalue weighted by Gasteiger charge is -2.16. The fourth-order valence-electron chi connectivity index (χ4n) is 2.41. The molecule has 0 amide bonds. The summed E-state index contributed by atoms with van der Waals surface area (Å²) in [6, 6.07) is 18.6. The summed E-state index contributed by atoms with van der Waals surface area (Å²) in [4.78, 5) is 0.884. The van der Waals surface area contributed by atoms with Crippen LogP contribution in [0.25, 0.3) is 0 Å². The van der Waals surface area contributed by atoms with E-state index >= 15 is 0 Å². The summed E-state index contributed by atoms with van der Waals surface area (Å²) >= 11 is 0. The van der Waals surface area contributed by atoms with Gasteiger partial charge in [-0.25, -0.2) is 0 Å². The zero-order valence-corrected chi connectivity index (χ0v) is 13.5. The van der Waals surface area contributed by atoms with E-state index in [1.165, 1.54) is 11.1 Å². The fourth-order valence-corrected chi connectivity index (χ4v) is 2.93. The number of hydrogen-bond acceptors (Lipinski definition) is 2. The van der Waals surface area contributed by atoms with Crippen molar-refractivity contribution in [2.45, 2.75) is 30.7 Å². The van der Waals surface area contributed by atoms with Crippen LogP contribution in [0.15, 0.2) is 59.5 Å². The van der Waals surface area contributed by atoms with Gasteiger partial charge in [-0.3, -0.25) is 4.21 Å². The third kappa shape index (κ3) is 4.80. The second-order valence-corrected chi connectivity index (χ2v) is 6.62. The van der Waals surface area contributed by atoms with E-state index in [0.29, 0.717) is 5.92 Å². The Morgan fingerprint density at radius 1 is 1.05 bits per heavy atom. The van der Waals surface area contributed by atoms with Gasteiger partial charge in [0.2, 0.25) is 0 Å². The molecule has 0 spiro atoms. The molecule has 0 unspecified atom stereocenters. The smallest absolute Gasteiger partial charge is 0.0498 e. The van der Waals surface area contributed by atoms with Gasteiger partial charge in [-0.2, -0.15) is 0 Å². The van der Waals surface area contributed by atoms with Gasteiger partial charge in [0.05, 0.1) is 0 Å². The van der Waals surface area contributed by atoms with Crippen molar-refractivity contribution >= 4 is 10.8 Å². The van der Waals surface area contributed by atoms with Crippen LogP contribution in [0.2, 0.25) is 0 Å². The minimum absolute atomic E-state index is 0.550. The molecule has 0 saturated heterocycles. The van der Waals surface area contributed by atoms with E-state index in [9.17, 15) is 4.21 Å². The molecule has 2 aromatic rings. The van der Waals surface area contributed by atoms with Crippen molar-refractivity contribution in [3.63, 3.8) is 0 Å². The predicted octanol–water partition coefficient (Wildman–Crippen LogP) is 3.71. The minimum Gasteiger partial charge on any atom is -0.312 e. The summed E-state index contributed by atoms with van der Waals surface area (Å²) in [5.41, 5.74) is 2.62. The quantitative estimate of drug-likeness (QED) is 0.844. The van der Waals surface area contributed by atoms with Crippen LogP contribution in [0.5, 0.6) is 0 Å². The average Bonchev–Trinajstić information content (AvgIpc) is 2.53. The highest BCUT2D eigenvalue weighted by atomic mass is 32.2. The highest BCUT2D eigenvalue weighted by Crippen LogP contribution is 2.18. The van der Waals surface area contributed by atoms with Crippen LogP contribution in [0.1, 0.15) is 30.4 Å². The third-order valence-electron chi connectivity index (χ3n) is 3.74. The van der Waals surface area contributed by atoms with Crippen molar-refractivity contribution in [2.24, 2.45) is 0 Å². The molecular weight excluding hydrogens is 278 g/mol. The van der Waals surface area contributed by atoms with Crippen molar-refractivity contribution in [3.05, 3.63) is 65.7 Å². The van der Waals surface area contributed by atoms with Crippen molar-refractivity contribution in [2.75, 3.05) is 12.8 Å². The van der Waals surface area contributed by atoms with E-state index in [2.05, 4.69) is 42.6 Å². The lowest BCUT2D eigenvalue weighted by atomic mass is 9.96. The lowest BCUT2D eigenvalue weighted by molar-refractivity contribution is 0.569. The molecule has 0 aliphatic carbocycles. The maximum absolute atomic E-state index is 11.4. The molecule has 0 aromatic heterocycles. The minimum atomic E-state index is -0.897. The van der Waals surface area contributed by atoms with Crippen LogP contribution in [0, 0.1) is 0 Å². The summed E-state index contributed by atoms with van der Waals surface area (Å²) in [5, 5.41) is 3.52. The molecule has 0 bridgehead atoms. The summed E-state index contributed by atoms with van der Waals surface area (Å²) in [7, 11) is -0.897. The predicted molar refractivity (Wildman–Crippen MR) is 90.0 cm³/mol. The molecule has 21 heavy (non-hydrogen) atoms. The van der Waals surface area contributed by atoms with Gasteiger partial charge in [0, 0.05) is 35.0 Å². The number of nitrogens with one attached hydrogen (secondary N) is 1. The number of rotatable bonds is 7. The summed E-state index contributed by atoms with van der Waals surface area (Å²) in [6.07, 6.45) is 2.84. The normalized spacial score (nSPS) is 13.8. The second-order valence-electron chi connectivity index (χ2n) is 5.24. The Morgan fingerprint density at radius 2 is 1.71 bits per heavy atom. The zero-order valence-electron chi connectivity index (χ0n) is 12.7. The fraction of sp³-hybridized carbons (Fsp3) is 0.333. The van der Waals surface area contributed by atoms with Crippen LogP contribution >= 0.6 is 0 Å². The molecule has 2 atom stereocenters. The maximum atomic E-state index is 11.4. The molecule has 3 heteroatoms. The molecule has 0 aliphatic heterocycles. The van der Waals surface area contributed by atoms with Crippen LogP contribution in [0.3, 0.4) is 0 Å². The first kappa shape index (κ1) is 15.9. The highest BCUT2D eigenvalue weighted by Gasteiger charge is 2.08. The molecule has 0 radical (unpaired) electrons. The van der Waals surface area contributed by atoms with Crippen LogP contribution in [0.4, 0.5) is 0 Å². The average molecular weight is 301 g/mol. The van der Waals surface area contributed by atoms with E-state index in [-0.39, 0.29) is 0 Å². The maximum Gasteiger partial charge on any atom is 0.0498 e. The van der Waals surface area contributed by atoms with Crippen molar-refractivity contribution in [1.29, 1.82) is 0 Å². The molecular formula is C18H23NOS. The third-order valence-corrected chi connectivity index (χ3v) is 4.67. The van der Waals surface area contributed by atoms with E-state index in [4.69, 9.17) is 0 Å². The van der Waals surface area contributed by atoms with Crippen LogP contribution in [-0.4, -0.2) is 17.0 Å². The molecule has 0 fully saturated rings. The van der Waals surface area contributed by atoms with Gasteiger partial charge in [-0.15, -0.1) is 0 Å². The van der Waals surface area contributed by atoms with Gasteiger partial charge in [0.15, 0.2) is 0 Å². The molecule has 0 aliphatic rings. The molecule has 2 aromatic carbocycles. The zero-order chi connectivity index (χ0) is 15.1. The van der Waals surface area contributed by atoms with Gasteiger partial charge in [-0.05, 0) is 35.6 Å². The Bertz CT molecular complexity index is 566. The summed E-state index contributed by atoms with van der Waals surface area (Å²) < 4.78 is 11.4. The van der Waals surface area contributed by atoms with Crippen molar-refractivity contribution < 1.29 is 4.21 Å². The first-order valence-electron chi connectivity index (χ1n) is 7.38. The monoisotopic (exact) mass is 301 g/mol. The van der Waals surface area contributed by atoms with E-state index < -0.39 is 10.8 Å². The Balaban J connectivity index is 1.87.